The van der Waals surface area contributed by atoms with Crippen LogP contribution < -0.4 is 25.0 Å². The van der Waals surface area contributed by atoms with Crippen LogP contribution in [0, 0.1) is 0 Å². The van der Waals surface area contributed by atoms with E-state index in [0.29, 0.717) is 39.0 Å². The maximum absolute atomic E-state index is 12.3. The lowest BCUT2D eigenvalue weighted by Gasteiger charge is -2.09. The molecule has 0 fully saturated rings. The van der Waals surface area contributed by atoms with Crippen LogP contribution in [-0.4, -0.2) is 44.8 Å². The lowest BCUT2D eigenvalue weighted by Crippen LogP contribution is -2.34. The first kappa shape index (κ1) is 25.3. The predicted octanol–water partition coefficient (Wildman–Crippen LogP) is 3.46. The van der Waals surface area contributed by atoms with E-state index in [2.05, 4.69) is 15.8 Å². The summed E-state index contributed by atoms with van der Waals surface area (Å²) < 4.78 is 15.7. The molecule has 3 aromatic carbocycles. The molecule has 3 rings (SSSR count). The molecule has 10 heteroatoms. The minimum absolute atomic E-state index is 0.288. The minimum atomic E-state index is -0.533. The molecule has 0 aliphatic rings. The van der Waals surface area contributed by atoms with Crippen LogP contribution in [0.5, 0.6) is 17.2 Å². The first-order valence-corrected chi connectivity index (χ1v) is 10.7. The monoisotopic (exact) mass is 495 g/mol. The van der Waals surface area contributed by atoms with Crippen molar-refractivity contribution in [1.29, 1.82) is 0 Å². The SMILES string of the molecule is COc1ccc(C(=O)NCC(=O)N/N=C/c2cccc(OC(=O)c3ccc(Cl)cc3)c2)cc1OC. The van der Waals surface area contributed by atoms with Crippen molar-refractivity contribution in [2.75, 3.05) is 20.8 Å². The molecule has 0 unspecified atom stereocenters. The zero-order chi connectivity index (χ0) is 25.2. The quantitative estimate of drug-likeness (QED) is 0.203. The van der Waals surface area contributed by atoms with Gasteiger partial charge in [-0.2, -0.15) is 5.10 Å². The predicted molar refractivity (Wildman–Crippen MR) is 130 cm³/mol. The Labute approximate surface area is 206 Å². The highest BCUT2D eigenvalue weighted by molar-refractivity contribution is 6.30. The van der Waals surface area contributed by atoms with E-state index in [1.165, 1.54) is 26.5 Å². The number of halogens is 1. The molecule has 0 saturated heterocycles. The van der Waals surface area contributed by atoms with Crippen molar-refractivity contribution < 1.29 is 28.6 Å². The lowest BCUT2D eigenvalue weighted by atomic mass is 10.2. The number of rotatable bonds is 9. The van der Waals surface area contributed by atoms with Gasteiger partial charge in [-0.05, 0) is 60.2 Å². The third kappa shape index (κ3) is 7.31. The van der Waals surface area contributed by atoms with Crippen molar-refractivity contribution in [2.45, 2.75) is 0 Å². The van der Waals surface area contributed by atoms with Crippen LogP contribution in [0.1, 0.15) is 26.3 Å². The molecular weight excluding hydrogens is 474 g/mol. The fourth-order valence-corrected chi connectivity index (χ4v) is 2.99. The number of carbonyl (C=O) groups is 3. The molecule has 180 valence electrons. The molecule has 0 bridgehead atoms. The number of benzene rings is 3. The second kappa shape index (κ2) is 12.2. The molecule has 0 atom stereocenters. The summed E-state index contributed by atoms with van der Waals surface area (Å²) in [6, 6.07) is 17.6. The smallest absolute Gasteiger partial charge is 0.343 e. The van der Waals surface area contributed by atoms with E-state index in [1.807, 2.05) is 0 Å². The third-order valence-corrected chi connectivity index (χ3v) is 4.86. The van der Waals surface area contributed by atoms with Crippen LogP contribution >= 0.6 is 11.6 Å². The minimum Gasteiger partial charge on any atom is -0.493 e. The van der Waals surface area contributed by atoms with Crippen molar-refractivity contribution >= 4 is 35.6 Å². The molecule has 0 aliphatic heterocycles. The molecule has 0 heterocycles. The summed E-state index contributed by atoms with van der Waals surface area (Å²) in [6.07, 6.45) is 1.38. The molecular formula is C25H22ClN3O6. The molecule has 2 amide bonds. The number of amides is 2. The van der Waals surface area contributed by atoms with Crippen molar-refractivity contribution in [3.05, 3.63) is 88.4 Å². The highest BCUT2D eigenvalue weighted by atomic mass is 35.5. The largest absolute Gasteiger partial charge is 0.493 e. The Morgan fingerprint density at radius 3 is 2.34 bits per heavy atom. The first-order valence-electron chi connectivity index (χ1n) is 10.3. The van der Waals surface area contributed by atoms with Crippen molar-refractivity contribution in [3.63, 3.8) is 0 Å². The van der Waals surface area contributed by atoms with E-state index in [0.717, 1.165) is 0 Å². The van der Waals surface area contributed by atoms with Gasteiger partial charge in [-0.15, -0.1) is 0 Å². The third-order valence-electron chi connectivity index (χ3n) is 4.61. The number of hydrogen-bond donors (Lipinski definition) is 2. The topological polar surface area (TPSA) is 115 Å². The summed E-state index contributed by atoms with van der Waals surface area (Å²) in [4.78, 5) is 36.5. The molecule has 0 spiro atoms. The second-order valence-electron chi connectivity index (χ2n) is 7.01. The number of hydrogen-bond acceptors (Lipinski definition) is 7. The molecule has 35 heavy (non-hydrogen) atoms. The second-order valence-corrected chi connectivity index (χ2v) is 7.45. The summed E-state index contributed by atoms with van der Waals surface area (Å²) >= 11 is 5.83. The Kier molecular flexibility index (Phi) is 8.80. The zero-order valence-corrected chi connectivity index (χ0v) is 19.7. The number of esters is 1. The van der Waals surface area contributed by atoms with Crippen LogP contribution in [0.2, 0.25) is 5.02 Å². The van der Waals surface area contributed by atoms with Gasteiger partial charge in [0, 0.05) is 10.6 Å². The van der Waals surface area contributed by atoms with Crippen LogP contribution in [0.3, 0.4) is 0 Å². The van der Waals surface area contributed by atoms with Crippen LogP contribution in [0.25, 0.3) is 0 Å². The fraction of sp³-hybridized carbons (Fsp3) is 0.120. The van der Waals surface area contributed by atoms with Crippen molar-refractivity contribution in [1.82, 2.24) is 10.7 Å². The normalized spacial score (nSPS) is 10.5. The van der Waals surface area contributed by atoms with Gasteiger partial charge in [-0.25, -0.2) is 10.2 Å². The highest BCUT2D eigenvalue weighted by Crippen LogP contribution is 2.27. The van der Waals surface area contributed by atoms with E-state index < -0.39 is 17.8 Å². The van der Waals surface area contributed by atoms with Gasteiger partial charge in [-0.1, -0.05) is 23.7 Å². The van der Waals surface area contributed by atoms with Gasteiger partial charge in [-0.3, -0.25) is 9.59 Å². The molecule has 2 N–H and O–H groups in total. The fourth-order valence-electron chi connectivity index (χ4n) is 2.87. The van der Waals surface area contributed by atoms with Crippen LogP contribution in [0.4, 0.5) is 0 Å². The highest BCUT2D eigenvalue weighted by Gasteiger charge is 2.12. The molecule has 3 aromatic rings. The number of carbonyl (C=O) groups excluding carboxylic acids is 3. The first-order chi connectivity index (χ1) is 16.9. The molecule has 0 radical (unpaired) electrons. The standard InChI is InChI=1S/C25H22ClN3O6/c1-33-21-11-8-18(13-22(21)34-2)24(31)27-15-23(30)29-28-14-16-4-3-5-20(12-16)35-25(32)17-6-9-19(26)10-7-17/h3-14H,15H2,1-2H3,(H,27,31)(H,29,30)/b28-14+. The van der Waals surface area contributed by atoms with Crippen molar-refractivity contribution in [3.8, 4) is 17.2 Å². The number of hydrazone groups is 1. The average molecular weight is 496 g/mol. The van der Waals surface area contributed by atoms with Gasteiger partial charge in [0.1, 0.15) is 5.75 Å². The number of methoxy groups -OCH3 is 2. The Hall–Kier alpha value is -4.37. The summed E-state index contributed by atoms with van der Waals surface area (Å²) in [5, 5.41) is 6.88. The number of nitrogens with one attached hydrogen (secondary N) is 2. The van der Waals surface area contributed by atoms with Gasteiger partial charge in [0.15, 0.2) is 11.5 Å². The van der Waals surface area contributed by atoms with Gasteiger partial charge in [0.25, 0.3) is 11.8 Å². The van der Waals surface area contributed by atoms with Gasteiger partial charge < -0.3 is 19.5 Å². The Balaban J connectivity index is 1.50. The van der Waals surface area contributed by atoms with E-state index in [4.69, 9.17) is 25.8 Å². The van der Waals surface area contributed by atoms with Crippen molar-refractivity contribution in [2.24, 2.45) is 5.10 Å². The van der Waals surface area contributed by atoms with E-state index in [-0.39, 0.29) is 6.54 Å². The Bertz CT molecular complexity index is 1240. The maximum Gasteiger partial charge on any atom is 0.343 e. The number of nitrogens with zero attached hydrogens (tertiary/aromatic N) is 1. The molecule has 0 aliphatic carbocycles. The Morgan fingerprint density at radius 2 is 1.63 bits per heavy atom. The van der Waals surface area contributed by atoms with Gasteiger partial charge in [0.2, 0.25) is 0 Å². The zero-order valence-electron chi connectivity index (χ0n) is 18.9. The summed E-state index contributed by atoms with van der Waals surface area (Å²) in [6.45, 7) is -0.288. The van der Waals surface area contributed by atoms with Gasteiger partial charge in [0.05, 0.1) is 32.5 Å². The van der Waals surface area contributed by atoms with E-state index in [1.54, 1.807) is 60.7 Å². The summed E-state index contributed by atoms with van der Waals surface area (Å²) in [5.41, 5.74) is 3.57. The average Bonchev–Trinajstić information content (AvgIpc) is 2.87. The number of ether oxygens (including phenoxy) is 3. The summed E-state index contributed by atoms with van der Waals surface area (Å²) in [7, 11) is 2.96. The van der Waals surface area contributed by atoms with Gasteiger partial charge >= 0.3 is 5.97 Å². The summed E-state index contributed by atoms with van der Waals surface area (Å²) in [5.74, 6) is -0.326. The Morgan fingerprint density at radius 1 is 0.914 bits per heavy atom. The van der Waals surface area contributed by atoms with Crippen LogP contribution in [0.15, 0.2) is 71.8 Å². The molecule has 0 aromatic heterocycles. The van der Waals surface area contributed by atoms with Crippen LogP contribution in [-0.2, 0) is 4.79 Å². The molecule has 9 nitrogen and oxygen atoms in total. The van der Waals surface area contributed by atoms with E-state index in [9.17, 15) is 14.4 Å². The lowest BCUT2D eigenvalue weighted by molar-refractivity contribution is -0.120. The molecule has 0 saturated carbocycles. The maximum atomic E-state index is 12.3. The van der Waals surface area contributed by atoms with E-state index >= 15 is 0 Å².